The molecule has 3 aromatic rings. The molecule has 0 radical (unpaired) electrons. The second kappa shape index (κ2) is 13.9. The zero-order valence-corrected chi connectivity index (χ0v) is 23.8. The van der Waals surface area contributed by atoms with E-state index >= 15 is 0 Å². The minimum atomic E-state index is -0.235. The molecule has 1 N–H and O–H groups in total. The lowest BCUT2D eigenvalue weighted by molar-refractivity contribution is -0.144. The molecule has 0 aliphatic carbocycles. The third kappa shape index (κ3) is 7.38. The van der Waals surface area contributed by atoms with E-state index in [4.69, 9.17) is 14.2 Å². The highest BCUT2D eigenvalue weighted by molar-refractivity contribution is 5.94. The van der Waals surface area contributed by atoms with Crippen LogP contribution in [0, 0.1) is 5.92 Å². The summed E-state index contributed by atoms with van der Waals surface area (Å²) in [7, 11) is 1.39. The molecule has 40 heavy (non-hydrogen) atoms. The molecule has 0 saturated carbocycles. The van der Waals surface area contributed by atoms with Crippen LogP contribution in [0.4, 0.5) is 0 Å². The van der Waals surface area contributed by atoms with E-state index in [0.717, 1.165) is 49.3 Å². The molecule has 1 aliphatic rings. The van der Waals surface area contributed by atoms with E-state index in [9.17, 15) is 9.59 Å². The second-order valence-corrected chi connectivity index (χ2v) is 10.00. The summed E-state index contributed by atoms with van der Waals surface area (Å²) in [5.74, 6) is 0.889. The Bertz CT molecular complexity index is 1230. The van der Waals surface area contributed by atoms with Crippen molar-refractivity contribution >= 4 is 11.9 Å². The highest BCUT2D eigenvalue weighted by Crippen LogP contribution is 2.35. The van der Waals surface area contributed by atoms with Crippen LogP contribution in [-0.2, 0) is 22.5 Å². The van der Waals surface area contributed by atoms with E-state index in [2.05, 4.69) is 20.3 Å². The van der Waals surface area contributed by atoms with Crippen LogP contribution in [0.2, 0.25) is 0 Å². The van der Waals surface area contributed by atoms with Gasteiger partial charge >= 0.3 is 5.97 Å². The van der Waals surface area contributed by atoms with Gasteiger partial charge in [0.1, 0.15) is 24.2 Å². The number of carbonyl (C=O) groups excluding carboxylic acids is 2. The first-order valence-corrected chi connectivity index (χ1v) is 13.9. The Hall–Kier alpha value is -3.92. The number of nitrogens with zero attached hydrogens (tertiary/aromatic N) is 4. The van der Waals surface area contributed by atoms with Gasteiger partial charge in [-0.15, -0.1) is 0 Å². The van der Waals surface area contributed by atoms with E-state index in [1.54, 1.807) is 11.0 Å². The van der Waals surface area contributed by atoms with Gasteiger partial charge in [0.2, 0.25) is 0 Å². The van der Waals surface area contributed by atoms with Crippen molar-refractivity contribution in [3.05, 3.63) is 65.7 Å². The third-order valence-corrected chi connectivity index (χ3v) is 7.04. The zero-order chi connectivity index (χ0) is 28.5. The van der Waals surface area contributed by atoms with Gasteiger partial charge in [-0.1, -0.05) is 19.1 Å². The standard InChI is InChI=1S/C30H39N5O5/c1-5-39-26-16-23(17-27(40-6-2)28(26)35-20-31-19-32-35)18-34-13-11-25(12-14-34)33-29(36)24-9-7-22(8-10-24)15-21(3)30(37)38-4/h7-10,16-17,19-21,25H,5-6,11-15,18H2,1-4H3,(H,33,36). The minimum absolute atomic E-state index is 0.0718. The molecule has 0 spiro atoms. The lowest BCUT2D eigenvalue weighted by atomic mass is 9.99. The molecule has 4 rings (SSSR count). The first-order valence-electron chi connectivity index (χ1n) is 13.9. The Kier molecular flexibility index (Phi) is 10.1. The molecule has 10 nitrogen and oxygen atoms in total. The number of nitrogens with one attached hydrogen (secondary N) is 1. The maximum atomic E-state index is 12.9. The van der Waals surface area contributed by atoms with Crippen LogP contribution in [0.15, 0.2) is 49.1 Å². The molecule has 1 aliphatic heterocycles. The van der Waals surface area contributed by atoms with Gasteiger partial charge < -0.3 is 19.5 Å². The lowest BCUT2D eigenvalue weighted by Crippen LogP contribution is -2.44. The smallest absolute Gasteiger partial charge is 0.308 e. The Morgan fingerprint density at radius 1 is 1.02 bits per heavy atom. The molecule has 1 amide bonds. The summed E-state index contributed by atoms with van der Waals surface area (Å²) < 4.78 is 18.4. The molecular formula is C30H39N5O5. The van der Waals surface area contributed by atoms with E-state index in [1.165, 1.54) is 13.4 Å². The molecule has 0 bridgehead atoms. The number of likely N-dealkylation sites (tertiary alicyclic amines) is 1. The number of carbonyl (C=O) groups is 2. The highest BCUT2D eigenvalue weighted by Gasteiger charge is 2.23. The van der Waals surface area contributed by atoms with Gasteiger partial charge in [0.15, 0.2) is 5.69 Å². The van der Waals surface area contributed by atoms with Crippen molar-refractivity contribution in [1.82, 2.24) is 25.0 Å². The molecule has 2 heterocycles. The fourth-order valence-electron chi connectivity index (χ4n) is 5.00. The second-order valence-electron chi connectivity index (χ2n) is 10.00. The van der Waals surface area contributed by atoms with E-state index in [-0.39, 0.29) is 23.8 Å². The van der Waals surface area contributed by atoms with Crippen molar-refractivity contribution in [2.75, 3.05) is 33.4 Å². The third-order valence-electron chi connectivity index (χ3n) is 7.04. The Morgan fingerprint density at radius 2 is 1.68 bits per heavy atom. The average molecular weight is 550 g/mol. The van der Waals surface area contributed by atoms with Crippen molar-refractivity contribution in [3.8, 4) is 17.2 Å². The van der Waals surface area contributed by atoms with Crippen molar-refractivity contribution in [2.45, 2.75) is 52.6 Å². The van der Waals surface area contributed by atoms with Gasteiger partial charge in [-0.3, -0.25) is 14.5 Å². The lowest BCUT2D eigenvalue weighted by Gasteiger charge is -2.32. The molecule has 1 saturated heterocycles. The number of esters is 1. The van der Waals surface area contributed by atoms with Gasteiger partial charge in [-0.05, 0) is 68.5 Å². The monoisotopic (exact) mass is 549 g/mol. The Labute approximate surface area is 235 Å². The van der Waals surface area contributed by atoms with Crippen molar-refractivity contribution in [3.63, 3.8) is 0 Å². The topological polar surface area (TPSA) is 108 Å². The highest BCUT2D eigenvalue weighted by atomic mass is 16.5. The summed E-state index contributed by atoms with van der Waals surface area (Å²) >= 11 is 0. The molecule has 1 aromatic heterocycles. The van der Waals surface area contributed by atoms with Crippen LogP contribution in [0.5, 0.6) is 11.5 Å². The van der Waals surface area contributed by atoms with Crippen LogP contribution in [0.3, 0.4) is 0 Å². The van der Waals surface area contributed by atoms with Crippen LogP contribution in [-0.4, -0.2) is 71.0 Å². The minimum Gasteiger partial charge on any atom is -0.491 e. The average Bonchev–Trinajstić information content (AvgIpc) is 3.49. The maximum absolute atomic E-state index is 12.9. The maximum Gasteiger partial charge on any atom is 0.308 e. The van der Waals surface area contributed by atoms with Crippen LogP contribution >= 0.6 is 0 Å². The van der Waals surface area contributed by atoms with Crippen molar-refractivity contribution in [1.29, 1.82) is 0 Å². The van der Waals surface area contributed by atoms with Gasteiger partial charge in [0.25, 0.3) is 5.91 Å². The first kappa shape index (κ1) is 29.1. The summed E-state index contributed by atoms with van der Waals surface area (Å²) in [6, 6.07) is 11.7. The van der Waals surface area contributed by atoms with Crippen molar-refractivity contribution < 1.29 is 23.8 Å². The number of hydrogen-bond donors (Lipinski definition) is 1. The fraction of sp³-hybridized carbons (Fsp3) is 0.467. The number of ether oxygens (including phenoxy) is 3. The molecule has 10 heteroatoms. The van der Waals surface area contributed by atoms with E-state index in [0.29, 0.717) is 36.7 Å². The van der Waals surface area contributed by atoms with Gasteiger partial charge in [-0.25, -0.2) is 9.67 Å². The molecule has 1 fully saturated rings. The van der Waals surface area contributed by atoms with E-state index < -0.39 is 0 Å². The van der Waals surface area contributed by atoms with Crippen LogP contribution < -0.4 is 14.8 Å². The predicted molar refractivity (Wildman–Crippen MR) is 151 cm³/mol. The van der Waals surface area contributed by atoms with Gasteiger partial charge in [-0.2, -0.15) is 5.10 Å². The Morgan fingerprint density at radius 3 is 2.23 bits per heavy atom. The molecule has 1 unspecified atom stereocenters. The molecule has 1 atom stereocenters. The number of benzene rings is 2. The Balaban J connectivity index is 1.33. The SMILES string of the molecule is CCOc1cc(CN2CCC(NC(=O)c3ccc(CC(C)C(=O)OC)cc3)CC2)cc(OCC)c1-n1cncn1. The number of piperidine rings is 1. The van der Waals surface area contributed by atoms with E-state index in [1.807, 2.05) is 57.2 Å². The first-order chi connectivity index (χ1) is 19.4. The summed E-state index contributed by atoms with van der Waals surface area (Å²) in [5.41, 5.74) is 3.46. The number of amides is 1. The summed E-state index contributed by atoms with van der Waals surface area (Å²) in [4.78, 5) is 31.0. The number of hydrogen-bond acceptors (Lipinski definition) is 8. The molecule has 214 valence electrons. The van der Waals surface area contributed by atoms with Gasteiger partial charge in [0.05, 0.1) is 26.2 Å². The van der Waals surface area contributed by atoms with Crippen LogP contribution in [0.25, 0.3) is 5.69 Å². The quantitative estimate of drug-likeness (QED) is 0.340. The predicted octanol–water partition coefficient (Wildman–Crippen LogP) is 3.81. The number of methoxy groups -OCH3 is 1. The van der Waals surface area contributed by atoms with Gasteiger partial charge in [0, 0.05) is 31.2 Å². The summed E-state index contributed by atoms with van der Waals surface area (Å²) in [5, 5.41) is 7.47. The molecular weight excluding hydrogens is 510 g/mol. The largest absolute Gasteiger partial charge is 0.491 e. The van der Waals surface area contributed by atoms with Crippen molar-refractivity contribution in [2.24, 2.45) is 5.92 Å². The van der Waals surface area contributed by atoms with Crippen LogP contribution in [0.1, 0.15) is 55.1 Å². The number of rotatable bonds is 12. The zero-order valence-electron chi connectivity index (χ0n) is 23.8. The normalized spacial score (nSPS) is 14.9. The summed E-state index contributed by atoms with van der Waals surface area (Å²) in [6.07, 6.45) is 5.45. The number of aromatic nitrogens is 3. The molecule has 2 aromatic carbocycles. The summed E-state index contributed by atoms with van der Waals surface area (Å²) in [6.45, 7) is 9.29. The fourth-order valence-corrected chi connectivity index (χ4v) is 5.00.